The van der Waals surface area contributed by atoms with Gasteiger partial charge in [-0.3, -0.25) is 4.99 Å². The zero-order chi connectivity index (χ0) is 19.1. The van der Waals surface area contributed by atoms with Crippen LogP contribution in [0.5, 0.6) is 5.75 Å². The predicted molar refractivity (Wildman–Crippen MR) is 100 cm³/mol. The number of rotatable bonds is 7. The zero-order valence-corrected chi connectivity index (χ0v) is 16.0. The van der Waals surface area contributed by atoms with Crippen LogP contribution >= 0.6 is 0 Å². The Morgan fingerprint density at radius 3 is 2.73 bits per heavy atom. The van der Waals surface area contributed by atoms with Gasteiger partial charge in [0, 0.05) is 32.1 Å². The van der Waals surface area contributed by atoms with E-state index in [2.05, 4.69) is 22.4 Å². The second kappa shape index (κ2) is 9.22. The van der Waals surface area contributed by atoms with Crippen LogP contribution in [0, 0.1) is 19.7 Å². The summed E-state index contributed by atoms with van der Waals surface area (Å²) in [5.41, 5.74) is 2.04. The van der Waals surface area contributed by atoms with Gasteiger partial charge in [-0.1, -0.05) is 24.2 Å². The SMILES string of the molecule is CN=C(NCC(C)c1c(C)noc1C)N(C)CCOc1ccccc1F. The Labute approximate surface area is 154 Å². The van der Waals surface area contributed by atoms with Gasteiger partial charge >= 0.3 is 0 Å². The van der Waals surface area contributed by atoms with Crippen molar-refractivity contribution in [2.24, 2.45) is 4.99 Å². The average molecular weight is 362 g/mol. The van der Waals surface area contributed by atoms with Crippen molar-refractivity contribution in [1.29, 1.82) is 0 Å². The third-order valence-electron chi connectivity index (χ3n) is 4.24. The minimum atomic E-state index is -0.356. The van der Waals surface area contributed by atoms with Crippen molar-refractivity contribution in [2.45, 2.75) is 26.7 Å². The molecular weight excluding hydrogens is 335 g/mol. The third-order valence-corrected chi connectivity index (χ3v) is 4.24. The van der Waals surface area contributed by atoms with Crippen molar-refractivity contribution in [3.8, 4) is 5.75 Å². The summed E-state index contributed by atoms with van der Waals surface area (Å²) in [6, 6.07) is 6.39. The minimum absolute atomic E-state index is 0.237. The van der Waals surface area contributed by atoms with E-state index >= 15 is 0 Å². The van der Waals surface area contributed by atoms with Gasteiger partial charge in [-0.25, -0.2) is 4.39 Å². The molecule has 0 aliphatic heterocycles. The number of aromatic nitrogens is 1. The number of hydrogen-bond donors (Lipinski definition) is 1. The molecule has 7 heteroatoms. The Morgan fingerprint density at radius 2 is 2.12 bits per heavy atom. The number of hydrogen-bond acceptors (Lipinski definition) is 4. The van der Waals surface area contributed by atoms with Crippen molar-refractivity contribution in [2.75, 3.05) is 33.8 Å². The third kappa shape index (κ3) is 4.97. The van der Waals surface area contributed by atoms with E-state index in [1.54, 1.807) is 25.2 Å². The summed E-state index contributed by atoms with van der Waals surface area (Å²) in [5, 5.41) is 7.35. The first-order valence-corrected chi connectivity index (χ1v) is 8.66. The maximum atomic E-state index is 13.6. The molecule has 0 amide bonds. The topological polar surface area (TPSA) is 62.9 Å². The van der Waals surface area contributed by atoms with E-state index in [9.17, 15) is 4.39 Å². The van der Waals surface area contributed by atoms with Gasteiger partial charge < -0.3 is 19.5 Å². The van der Waals surface area contributed by atoms with E-state index in [0.29, 0.717) is 19.7 Å². The molecule has 0 saturated heterocycles. The van der Waals surface area contributed by atoms with Gasteiger partial charge in [0.1, 0.15) is 12.4 Å². The van der Waals surface area contributed by atoms with Crippen LogP contribution < -0.4 is 10.1 Å². The summed E-state index contributed by atoms with van der Waals surface area (Å²) in [6.07, 6.45) is 0. The van der Waals surface area contributed by atoms with E-state index < -0.39 is 0 Å². The highest BCUT2D eigenvalue weighted by Gasteiger charge is 2.17. The van der Waals surface area contributed by atoms with Gasteiger partial charge in [0.15, 0.2) is 17.5 Å². The molecule has 0 saturated carbocycles. The van der Waals surface area contributed by atoms with E-state index in [0.717, 1.165) is 23.0 Å². The molecule has 26 heavy (non-hydrogen) atoms. The Hall–Kier alpha value is -2.57. The number of nitrogens with one attached hydrogen (secondary N) is 1. The molecule has 1 heterocycles. The summed E-state index contributed by atoms with van der Waals surface area (Å²) >= 11 is 0. The maximum absolute atomic E-state index is 13.6. The largest absolute Gasteiger partial charge is 0.489 e. The number of aliphatic imine (C=N–C) groups is 1. The molecule has 0 fully saturated rings. The summed E-state index contributed by atoms with van der Waals surface area (Å²) in [4.78, 5) is 6.24. The van der Waals surface area contributed by atoms with Crippen LogP contribution in [0.2, 0.25) is 0 Å². The Kier molecular flexibility index (Phi) is 7.00. The molecule has 0 aliphatic carbocycles. The molecule has 1 N–H and O–H groups in total. The molecule has 1 aromatic carbocycles. The van der Waals surface area contributed by atoms with E-state index in [1.807, 2.05) is 25.8 Å². The van der Waals surface area contributed by atoms with Gasteiger partial charge in [-0.2, -0.15) is 0 Å². The summed E-state index contributed by atoms with van der Waals surface area (Å²) in [7, 11) is 3.65. The fraction of sp³-hybridized carbons (Fsp3) is 0.474. The Balaban J connectivity index is 1.83. The number of likely N-dealkylation sites (N-methyl/N-ethyl adjacent to an activating group) is 1. The lowest BCUT2D eigenvalue weighted by Gasteiger charge is -2.23. The lowest BCUT2D eigenvalue weighted by Crippen LogP contribution is -2.42. The summed E-state index contributed by atoms with van der Waals surface area (Å²) in [6.45, 7) is 7.63. The molecule has 2 rings (SSSR count). The number of halogens is 1. The van der Waals surface area contributed by atoms with E-state index in [4.69, 9.17) is 9.26 Å². The van der Waals surface area contributed by atoms with Gasteiger partial charge in [0.2, 0.25) is 0 Å². The second-order valence-electron chi connectivity index (χ2n) is 6.27. The summed E-state index contributed by atoms with van der Waals surface area (Å²) < 4.78 is 24.3. The van der Waals surface area contributed by atoms with E-state index in [-0.39, 0.29) is 17.5 Å². The molecule has 0 spiro atoms. The van der Waals surface area contributed by atoms with Crippen molar-refractivity contribution < 1.29 is 13.7 Å². The molecule has 142 valence electrons. The highest BCUT2D eigenvalue weighted by molar-refractivity contribution is 5.79. The monoisotopic (exact) mass is 362 g/mol. The predicted octanol–water partition coefficient (Wildman–Crippen LogP) is 3.12. The first kappa shape index (κ1) is 19.8. The first-order chi connectivity index (χ1) is 12.4. The quantitative estimate of drug-likeness (QED) is 0.606. The molecule has 1 unspecified atom stereocenters. The minimum Gasteiger partial charge on any atom is -0.489 e. The van der Waals surface area contributed by atoms with Crippen molar-refractivity contribution in [1.82, 2.24) is 15.4 Å². The number of ether oxygens (including phenoxy) is 1. The number of aryl methyl sites for hydroxylation is 2. The molecule has 0 radical (unpaired) electrons. The highest BCUT2D eigenvalue weighted by Crippen LogP contribution is 2.22. The van der Waals surface area contributed by atoms with Crippen LogP contribution in [0.3, 0.4) is 0 Å². The molecule has 0 aliphatic rings. The lowest BCUT2D eigenvalue weighted by atomic mass is 10.00. The van der Waals surface area contributed by atoms with E-state index in [1.165, 1.54) is 6.07 Å². The van der Waals surface area contributed by atoms with Gasteiger partial charge in [-0.05, 0) is 26.0 Å². The van der Waals surface area contributed by atoms with Crippen LogP contribution in [0.4, 0.5) is 4.39 Å². The number of benzene rings is 1. The lowest BCUT2D eigenvalue weighted by molar-refractivity contribution is 0.270. The second-order valence-corrected chi connectivity index (χ2v) is 6.27. The molecular formula is C19H27FN4O2. The molecule has 6 nitrogen and oxygen atoms in total. The molecule has 1 aromatic heterocycles. The van der Waals surface area contributed by atoms with Crippen LogP contribution in [0.25, 0.3) is 0 Å². The molecule has 1 atom stereocenters. The van der Waals surface area contributed by atoms with Gasteiger partial charge in [0.25, 0.3) is 0 Å². The van der Waals surface area contributed by atoms with Crippen molar-refractivity contribution >= 4 is 5.96 Å². The first-order valence-electron chi connectivity index (χ1n) is 8.66. The number of guanidine groups is 1. The smallest absolute Gasteiger partial charge is 0.193 e. The normalized spacial score (nSPS) is 12.8. The molecule has 0 bridgehead atoms. The summed E-state index contributed by atoms with van der Waals surface area (Å²) in [5.74, 6) is 1.74. The van der Waals surface area contributed by atoms with Gasteiger partial charge in [0.05, 0.1) is 12.2 Å². The fourth-order valence-corrected chi connectivity index (χ4v) is 2.89. The number of para-hydroxylation sites is 1. The standard InChI is InChI=1S/C19H27FN4O2/c1-13(18-14(2)23-26-15(18)3)12-22-19(21-4)24(5)10-11-25-17-9-7-6-8-16(17)20/h6-9,13H,10-12H2,1-5H3,(H,21,22). The van der Waals surface area contributed by atoms with Crippen molar-refractivity contribution in [3.63, 3.8) is 0 Å². The Bertz CT molecular complexity index is 725. The van der Waals surface area contributed by atoms with Gasteiger partial charge in [-0.15, -0.1) is 0 Å². The van der Waals surface area contributed by atoms with Crippen LogP contribution in [0.1, 0.15) is 29.9 Å². The zero-order valence-electron chi connectivity index (χ0n) is 16.0. The average Bonchev–Trinajstić information content (AvgIpc) is 2.95. The van der Waals surface area contributed by atoms with Crippen molar-refractivity contribution in [3.05, 3.63) is 47.1 Å². The maximum Gasteiger partial charge on any atom is 0.193 e. The Morgan fingerprint density at radius 1 is 1.38 bits per heavy atom. The fourth-order valence-electron chi connectivity index (χ4n) is 2.89. The molecule has 2 aromatic rings. The highest BCUT2D eigenvalue weighted by atomic mass is 19.1. The van der Waals surface area contributed by atoms with Crippen LogP contribution in [0.15, 0.2) is 33.8 Å². The van der Waals surface area contributed by atoms with Crippen LogP contribution in [-0.2, 0) is 0 Å². The van der Waals surface area contributed by atoms with Crippen LogP contribution in [-0.4, -0.2) is 49.8 Å². The number of nitrogens with zero attached hydrogens (tertiary/aromatic N) is 3.